The number of ketones is 2. The van der Waals surface area contributed by atoms with Gasteiger partial charge in [-0.3, -0.25) is 9.59 Å². The molecule has 0 aliphatic heterocycles. The van der Waals surface area contributed by atoms with Gasteiger partial charge in [0.15, 0.2) is 57.6 Å². The van der Waals surface area contributed by atoms with Gasteiger partial charge in [-0.15, -0.1) is 0 Å². The maximum absolute atomic E-state index is 10.9. The van der Waals surface area contributed by atoms with Gasteiger partial charge in [-0.2, -0.15) is 0 Å². The summed E-state index contributed by atoms with van der Waals surface area (Å²) in [7, 11) is 1.17. The molecule has 3 rings (SSSR count). The first-order valence-electron chi connectivity index (χ1n) is 10.2. The molecule has 3 aromatic rings. The number of aromatic hydroxyl groups is 8. The van der Waals surface area contributed by atoms with E-state index in [4.69, 9.17) is 40.9 Å². The summed E-state index contributed by atoms with van der Waals surface area (Å²) < 4.78 is 4.34. The zero-order valence-electron chi connectivity index (χ0n) is 20.2. The second-order valence-electron chi connectivity index (χ2n) is 7.49. The van der Waals surface area contributed by atoms with Crippen molar-refractivity contribution in [3.05, 3.63) is 58.7 Å². The first kappa shape index (κ1) is 29.9. The molecule has 0 unspecified atom stereocenters. The zero-order valence-corrected chi connectivity index (χ0v) is 20.2. The summed E-state index contributed by atoms with van der Waals surface area (Å²) in [5, 5.41) is 72.1. The number of ether oxygens (including phenoxy) is 1. The van der Waals surface area contributed by atoms with Crippen molar-refractivity contribution in [2.75, 3.05) is 7.11 Å². The van der Waals surface area contributed by atoms with E-state index in [9.17, 15) is 14.4 Å². The van der Waals surface area contributed by atoms with E-state index in [0.29, 0.717) is 11.1 Å². The van der Waals surface area contributed by atoms with Crippen LogP contribution in [0.5, 0.6) is 46.0 Å². The highest BCUT2D eigenvalue weighted by molar-refractivity contribution is 5.95. The number of hydrogen-bond acceptors (Lipinski definition) is 12. The van der Waals surface area contributed by atoms with E-state index in [0.717, 1.165) is 24.3 Å². The number of carbonyl (C=O) groups is 3. The summed E-state index contributed by atoms with van der Waals surface area (Å²) in [6.07, 6.45) is 0. The number of aryl methyl sites for hydroxylation is 1. The van der Waals surface area contributed by atoms with Crippen LogP contribution in [0.4, 0.5) is 0 Å². The summed E-state index contributed by atoms with van der Waals surface area (Å²) in [4.78, 5) is 32.5. The largest absolute Gasteiger partial charge is 0.504 e. The van der Waals surface area contributed by atoms with Gasteiger partial charge in [0.05, 0.1) is 12.7 Å². The molecular formula is C25H26O12. The van der Waals surface area contributed by atoms with Crippen LogP contribution in [0.1, 0.15) is 50.5 Å². The van der Waals surface area contributed by atoms with E-state index in [-0.39, 0.29) is 34.2 Å². The molecular weight excluding hydrogens is 492 g/mol. The topological polar surface area (TPSA) is 222 Å². The van der Waals surface area contributed by atoms with Gasteiger partial charge in [0.1, 0.15) is 0 Å². The Morgan fingerprint density at radius 3 is 1.14 bits per heavy atom. The fourth-order valence-electron chi connectivity index (χ4n) is 2.61. The standard InChI is InChI=1S/C9H10O3.C8H8O5.C8H8O4/c1-5-3-7(6(2)10)4-8(11)9(5)12;1-13-8(12)4-2-5(9)7(11)6(10)3-4;1-4(9)5-2-6(10)8(12)7(11)3-5/h3-4,11-12H,1-2H3;2-3,9-11H,1H3;2-3,10-12H,1H3. The first-order valence-corrected chi connectivity index (χ1v) is 10.2. The summed E-state index contributed by atoms with van der Waals surface area (Å²) in [6, 6.07) is 6.98. The summed E-state index contributed by atoms with van der Waals surface area (Å²) in [6.45, 7) is 4.33. The predicted octanol–water partition coefficient (Wildman–Crippen LogP) is 3.20. The molecule has 0 radical (unpaired) electrons. The van der Waals surface area contributed by atoms with Gasteiger partial charge in [0, 0.05) is 11.1 Å². The van der Waals surface area contributed by atoms with E-state index in [2.05, 4.69) is 4.74 Å². The molecule has 0 aromatic heterocycles. The van der Waals surface area contributed by atoms with Crippen molar-refractivity contribution in [3.63, 3.8) is 0 Å². The van der Waals surface area contributed by atoms with Crippen molar-refractivity contribution < 1.29 is 60.0 Å². The van der Waals surface area contributed by atoms with Gasteiger partial charge >= 0.3 is 5.97 Å². The number of phenols is 8. The van der Waals surface area contributed by atoms with E-state index in [1.807, 2.05) is 0 Å². The van der Waals surface area contributed by atoms with E-state index in [1.54, 1.807) is 6.92 Å². The summed E-state index contributed by atoms with van der Waals surface area (Å²) in [5.74, 6) is -4.95. The van der Waals surface area contributed by atoms with Crippen molar-refractivity contribution in [2.45, 2.75) is 20.8 Å². The molecule has 0 spiro atoms. The first-order chi connectivity index (χ1) is 17.1. The molecule has 0 saturated heterocycles. The third kappa shape index (κ3) is 7.96. The molecule has 3 aromatic carbocycles. The Hall–Kier alpha value is -5.13. The van der Waals surface area contributed by atoms with Crippen LogP contribution in [0, 0.1) is 6.92 Å². The molecule has 37 heavy (non-hydrogen) atoms. The van der Waals surface area contributed by atoms with Crippen molar-refractivity contribution in [2.24, 2.45) is 0 Å². The van der Waals surface area contributed by atoms with Gasteiger partial charge in [0.25, 0.3) is 0 Å². The SMILES string of the molecule is CC(=O)c1cc(C)c(O)c(O)c1.CC(=O)c1cc(O)c(O)c(O)c1.COC(=O)c1cc(O)c(O)c(O)c1. The van der Waals surface area contributed by atoms with Crippen molar-refractivity contribution in [1.29, 1.82) is 0 Å². The van der Waals surface area contributed by atoms with Crippen LogP contribution >= 0.6 is 0 Å². The number of benzene rings is 3. The minimum absolute atomic E-state index is 0.0321. The highest BCUT2D eigenvalue weighted by atomic mass is 16.5. The van der Waals surface area contributed by atoms with Gasteiger partial charge < -0.3 is 45.6 Å². The molecule has 0 bridgehead atoms. The van der Waals surface area contributed by atoms with Crippen LogP contribution in [0.3, 0.4) is 0 Å². The number of rotatable bonds is 3. The van der Waals surface area contributed by atoms with E-state index < -0.39 is 40.5 Å². The average molecular weight is 518 g/mol. The lowest BCUT2D eigenvalue weighted by atomic mass is 10.1. The molecule has 0 fully saturated rings. The third-order valence-corrected chi connectivity index (χ3v) is 4.65. The van der Waals surface area contributed by atoms with E-state index >= 15 is 0 Å². The highest BCUT2D eigenvalue weighted by Gasteiger charge is 2.13. The van der Waals surface area contributed by atoms with Crippen LogP contribution in [0.15, 0.2) is 36.4 Å². The Kier molecular flexibility index (Phi) is 10.1. The van der Waals surface area contributed by atoms with Gasteiger partial charge in [-0.25, -0.2) is 4.79 Å². The fraction of sp³-hybridized carbons (Fsp3) is 0.160. The Labute approximate surface area is 210 Å². The van der Waals surface area contributed by atoms with Gasteiger partial charge in [-0.1, -0.05) is 0 Å². The summed E-state index contributed by atoms with van der Waals surface area (Å²) in [5.41, 5.74) is 1.03. The quantitative estimate of drug-likeness (QED) is 0.142. The molecule has 12 heteroatoms. The zero-order chi connectivity index (χ0) is 28.6. The molecule has 0 amide bonds. The second kappa shape index (κ2) is 12.5. The Morgan fingerprint density at radius 2 is 0.838 bits per heavy atom. The number of methoxy groups -OCH3 is 1. The van der Waals surface area contributed by atoms with Crippen LogP contribution in [0.2, 0.25) is 0 Å². The van der Waals surface area contributed by atoms with Crippen LogP contribution in [-0.2, 0) is 4.74 Å². The molecule has 12 nitrogen and oxygen atoms in total. The third-order valence-electron chi connectivity index (χ3n) is 4.65. The Morgan fingerprint density at radius 1 is 0.541 bits per heavy atom. The smallest absolute Gasteiger partial charge is 0.338 e. The minimum atomic E-state index is -0.703. The van der Waals surface area contributed by atoms with Crippen LogP contribution in [-0.4, -0.2) is 65.5 Å². The second-order valence-corrected chi connectivity index (χ2v) is 7.49. The normalized spacial score (nSPS) is 9.73. The molecule has 0 aliphatic carbocycles. The molecule has 0 atom stereocenters. The lowest BCUT2D eigenvalue weighted by molar-refractivity contribution is 0.0599. The lowest BCUT2D eigenvalue weighted by Gasteiger charge is -2.03. The number of phenolic OH excluding ortho intramolecular Hbond substituents is 8. The van der Waals surface area contributed by atoms with Crippen LogP contribution < -0.4 is 0 Å². The highest BCUT2D eigenvalue weighted by Crippen LogP contribution is 2.36. The molecule has 198 valence electrons. The molecule has 0 aliphatic rings. The fourth-order valence-corrected chi connectivity index (χ4v) is 2.61. The molecule has 8 N–H and O–H groups in total. The number of hydrogen-bond donors (Lipinski definition) is 8. The Bertz CT molecular complexity index is 1190. The predicted molar refractivity (Wildman–Crippen MR) is 129 cm³/mol. The van der Waals surface area contributed by atoms with E-state index in [1.165, 1.54) is 33.1 Å². The maximum Gasteiger partial charge on any atom is 0.338 e. The Balaban J connectivity index is 0.000000278. The molecule has 0 saturated carbocycles. The monoisotopic (exact) mass is 518 g/mol. The number of Topliss-reactive ketones (excluding diaryl/α,β-unsaturated/α-hetero) is 2. The van der Waals surface area contributed by atoms with Gasteiger partial charge in [-0.05, 0) is 62.7 Å². The lowest BCUT2D eigenvalue weighted by Crippen LogP contribution is -2.00. The minimum Gasteiger partial charge on any atom is -0.504 e. The number of esters is 1. The van der Waals surface area contributed by atoms with Gasteiger partial charge in [0.2, 0.25) is 0 Å². The van der Waals surface area contributed by atoms with Crippen molar-refractivity contribution in [3.8, 4) is 46.0 Å². The number of carbonyl (C=O) groups excluding carboxylic acids is 3. The summed E-state index contributed by atoms with van der Waals surface area (Å²) >= 11 is 0. The average Bonchev–Trinajstić information content (AvgIpc) is 2.83. The molecule has 0 heterocycles. The maximum atomic E-state index is 10.9. The van der Waals surface area contributed by atoms with Crippen molar-refractivity contribution >= 4 is 17.5 Å². The van der Waals surface area contributed by atoms with Crippen molar-refractivity contribution in [1.82, 2.24) is 0 Å². The van der Waals surface area contributed by atoms with Crippen LogP contribution in [0.25, 0.3) is 0 Å².